The van der Waals surface area contributed by atoms with Crippen molar-refractivity contribution in [2.75, 3.05) is 19.6 Å². The highest BCUT2D eigenvalue weighted by Gasteiger charge is 2.26. The van der Waals surface area contributed by atoms with Crippen molar-refractivity contribution in [3.63, 3.8) is 0 Å². The van der Waals surface area contributed by atoms with Gasteiger partial charge >= 0.3 is 6.03 Å². The Hall–Kier alpha value is -0.730. The summed E-state index contributed by atoms with van der Waals surface area (Å²) in [5.41, 5.74) is 0. The smallest absolute Gasteiger partial charge is 0.317 e. The summed E-state index contributed by atoms with van der Waals surface area (Å²) in [4.78, 5) is 13.4. The average molecular weight is 210 g/mol. The maximum atomic E-state index is 11.4. The van der Waals surface area contributed by atoms with Crippen molar-refractivity contribution < 1.29 is 4.79 Å². The first-order chi connectivity index (χ1) is 7.29. The summed E-state index contributed by atoms with van der Waals surface area (Å²) in [5, 5.41) is 2.87. The van der Waals surface area contributed by atoms with Crippen LogP contribution < -0.4 is 5.32 Å². The number of hydrogen-bond donors (Lipinski definition) is 1. The van der Waals surface area contributed by atoms with Crippen LogP contribution in [-0.2, 0) is 0 Å². The molecule has 1 heterocycles. The molecule has 2 aliphatic rings. The Labute approximate surface area is 92.2 Å². The first-order valence-electron chi connectivity index (χ1n) is 6.32. The van der Waals surface area contributed by atoms with Crippen molar-refractivity contribution >= 4 is 6.03 Å². The summed E-state index contributed by atoms with van der Waals surface area (Å²) in [7, 11) is 0. The average Bonchev–Trinajstić information content (AvgIpc) is 2.66. The fourth-order valence-corrected chi connectivity index (χ4v) is 2.82. The second-order valence-corrected chi connectivity index (χ2v) is 4.97. The molecule has 0 aromatic heterocycles. The Morgan fingerprint density at radius 3 is 2.47 bits per heavy atom. The molecule has 1 saturated carbocycles. The molecule has 0 aromatic rings. The van der Waals surface area contributed by atoms with E-state index < -0.39 is 0 Å². The quantitative estimate of drug-likeness (QED) is 0.761. The largest absolute Gasteiger partial charge is 0.336 e. The predicted octanol–water partition coefficient (Wildman–Crippen LogP) is 2.23. The SMILES string of the molecule is CCC1CCC(CN2CCNC2=O)CC1. The van der Waals surface area contributed by atoms with Crippen molar-refractivity contribution in [2.45, 2.75) is 39.0 Å². The van der Waals surface area contributed by atoms with Gasteiger partial charge in [-0.3, -0.25) is 0 Å². The summed E-state index contributed by atoms with van der Waals surface area (Å²) in [6.45, 7) is 5.02. The fourth-order valence-electron chi connectivity index (χ4n) is 2.82. The lowest BCUT2D eigenvalue weighted by Gasteiger charge is -2.30. The predicted molar refractivity (Wildman–Crippen MR) is 60.7 cm³/mol. The zero-order valence-electron chi connectivity index (χ0n) is 9.67. The van der Waals surface area contributed by atoms with Crippen molar-refractivity contribution in [2.24, 2.45) is 11.8 Å². The lowest BCUT2D eigenvalue weighted by molar-refractivity contribution is 0.188. The lowest BCUT2D eigenvalue weighted by atomic mass is 9.81. The number of nitrogens with one attached hydrogen (secondary N) is 1. The Morgan fingerprint density at radius 2 is 1.93 bits per heavy atom. The van der Waals surface area contributed by atoms with Crippen LogP contribution in [0.15, 0.2) is 0 Å². The number of amides is 2. The highest BCUT2D eigenvalue weighted by atomic mass is 16.2. The first kappa shape index (κ1) is 10.8. The zero-order chi connectivity index (χ0) is 10.7. The summed E-state index contributed by atoms with van der Waals surface area (Å²) in [6.07, 6.45) is 6.72. The lowest BCUT2D eigenvalue weighted by Crippen LogP contribution is -2.34. The molecule has 2 rings (SSSR count). The van der Waals surface area contributed by atoms with Gasteiger partial charge in [0.25, 0.3) is 0 Å². The minimum atomic E-state index is 0.146. The molecular formula is C12H22N2O. The Balaban J connectivity index is 1.74. The molecule has 2 amide bonds. The molecule has 0 atom stereocenters. The van der Waals surface area contributed by atoms with Crippen LogP contribution in [0.5, 0.6) is 0 Å². The maximum absolute atomic E-state index is 11.4. The monoisotopic (exact) mass is 210 g/mol. The van der Waals surface area contributed by atoms with E-state index in [4.69, 9.17) is 0 Å². The van der Waals surface area contributed by atoms with Gasteiger partial charge in [-0.2, -0.15) is 0 Å². The molecular weight excluding hydrogens is 188 g/mol. The molecule has 0 aromatic carbocycles. The summed E-state index contributed by atoms with van der Waals surface area (Å²) >= 11 is 0. The van der Waals surface area contributed by atoms with Crippen LogP contribution in [0.2, 0.25) is 0 Å². The molecule has 0 radical (unpaired) electrons. The van der Waals surface area contributed by atoms with Crippen LogP contribution in [0.1, 0.15) is 39.0 Å². The van der Waals surface area contributed by atoms with Crippen molar-refractivity contribution in [3.8, 4) is 0 Å². The molecule has 0 bridgehead atoms. The summed E-state index contributed by atoms with van der Waals surface area (Å²) < 4.78 is 0. The molecule has 0 unspecified atom stereocenters. The van der Waals surface area contributed by atoms with E-state index in [1.165, 1.54) is 32.1 Å². The van der Waals surface area contributed by atoms with Gasteiger partial charge in [-0.15, -0.1) is 0 Å². The Morgan fingerprint density at radius 1 is 1.27 bits per heavy atom. The van der Waals surface area contributed by atoms with Gasteiger partial charge < -0.3 is 10.2 Å². The number of rotatable bonds is 3. The van der Waals surface area contributed by atoms with Crippen LogP contribution in [0.4, 0.5) is 4.79 Å². The fraction of sp³-hybridized carbons (Fsp3) is 0.917. The van der Waals surface area contributed by atoms with E-state index in [0.29, 0.717) is 0 Å². The first-order valence-corrected chi connectivity index (χ1v) is 6.32. The van der Waals surface area contributed by atoms with E-state index in [0.717, 1.165) is 31.5 Å². The molecule has 3 nitrogen and oxygen atoms in total. The Kier molecular flexibility index (Phi) is 3.49. The van der Waals surface area contributed by atoms with Gasteiger partial charge in [0.1, 0.15) is 0 Å². The maximum Gasteiger partial charge on any atom is 0.317 e. The number of nitrogens with zero attached hydrogens (tertiary/aromatic N) is 1. The van der Waals surface area contributed by atoms with E-state index in [1.807, 2.05) is 4.90 Å². The minimum absolute atomic E-state index is 0.146. The van der Waals surface area contributed by atoms with Gasteiger partial charge in [-0.25, -0.2) is 4.79 Å². The number of carbonyl (C=O) groups is 1. The summed E-state index contributed by atoms with van der Waals surface area (Å²) in [6, 6.07) is 0.146. The number of carbonyl (C=O) groups excluding carboxylic acids is 1. The molecule has 1 N–H and O–H groups in total. The van der Waals surface area contributed by atoms with Crippen molar-refractivity contribution in [1.29, 1.82) is 0 Å². The zero-order valence-corrected chi connectivity index (χ0v) is 9.67. The van der Waals surface area contributed by atoms with Gasteiger partial charge in [0.05, 0.1) is 0 Å². The van der Waals surface area contributed by atoms with Gasteiger partial charge in [0.2, 0.25) is 0 Å². The number of urea groups is 1. The molecule has 15 heavy (non-hydrogen) atoms. The van der Waals surface area contributed by atoms with Gasteiger partial charge in [-0.05, 0) is 24.7 Å². The molecule has 0 spiro atoms. The molecule has 86 valence electrons. The van der Waals surface area contributed by atoms with Crippen molar-refractivity contribution in [3.05, 3.63) is 0 Å². The van der Waals surface area contributed by atoms with Gasteiger partial charge in [0.15, 0.2) is 0 Å². The summed E-state index contributed by atoms with van der Waals surface area (Å²) in [5.74, 6) is 1.71. The van der Waals surface area contributed by atoms with Crippen LogP contribution in [-0.4, -0.2) is 30.6 Å². The van der Waals surface area contributed by atoms with E-state index in [1.54, 1.807) is 0 Å². The van der Waals surface area contributed by atoms with E-state index in [2.05, 4.69) is 12.2 Å². The highest BCUT2D eigenvalue weighted by Crippen LogP contribution is 2.31. The second-order valence-electron chi connectivity index (χ2n) is 4.97. The molecule has 1 aliphatic carbocycles. The number of hydrogen-bond acceptors (Lipinski definition) is 1. The molecule has 2 fully saturated rings. The minimum Gasteiger partial charge on any atom is -0.336 e. The van der Waals surface area contributed by atoms with E-state index in [-0.39, 0.29) is 6.03 Å². The topological polar surface area (TPSA) is 32.3 Å². The van der Waals surface area contributed by atoms with Gasteiger partial charge in [0, 0.05) is 19.6 Å². The molecule has 3 heteroatoms. The van der Waals surface area contributed by atoms with Gasteiger partial charge in [-0.1, -0.05) is 26.2 Å². The third kappa shape index (κ3) is 2.64. The van der Waals surface area contributed by atoms with Crippen LogP contribution in [0, 0.1) is 11.8 Å². The molecule has 1 saturated heterocycles. The second kappa shape index (κ2) is 4.86. The van der Waals surface area contributed by atoms with E-state index in [9.17, 15) is 4.79 Å². The van der Waals surface area contributed by atoms with E-state index >= 15 is 0 Å². The Bertz CT molecular complexity index is 222. The van der Waals surface area contributed by atoms with Crippen LogP contribution >= 0.6 is 0 Å². The third-order valence-corrected chi connectivity index (χ3v) is 3.97. The van der Waals surface area contributed by atoms with Crippen molar-refractivity contribution in [1.82, 2.24) is 10.2 Å². The van der Waals surface area contributed by atoms with Crippen LogP contribution in [0.3, 0.4) is 0 Å². The normalized spacial score (nSPS) is 31.8. The molecule has 1 aliphatic heterocycles. The highest BCUT2D eigenvalue weighted by molar-refractivity contribution is 5.76. The standard InChI is InChI=1S/C12H22N2O/c1-2-10-3-5-11(6-4-10)9-14-8-7-13-12(14)15/h10-11H,2-9H2,1H3,(H,13,15). The van der Waals surface area contributed by atoms with Crippen LogP contribution in [0.25, 0.3) is 0 Å². The third-order valence-electron chi connectivity index (χ3n) is 3.97.